The molecule has 1 atom stereocenters. The Morgan fingerprint density at radius 1 is 1.33 bits per heavy atom. The lowest BCUT2D eigenvalue weighted by molar-refractivity contribution is 0.0265. The third-order valence-electron chi connectivity index (χ3n) is 3.40. The molecule has 2 aromatic heterocycles. The zero-order valence-electron chi connectivity index (χ0n) is 13.1. The van der Waals surface area contributed by atoms with Crippen LogP contribution in [0.2, 0.25) is 0 Å². The van der Waals surface area contributed by atoms with Gasteiger partial charge in [-0.2, -0.15) is 4.98 Å². The van der Waals surface area contributed by atoms with Gasteiger partial charge in [-0.1, -0.05) is 11.2 Å². The molecule has 24 heavy (non-hydrogen) atoms. The van der Waals surface area contributed by atoms with Crippen molar-refractivity contribution in [3.05, 3.63) is 65.6 Å². The van der Waals surface area contributed by atoms with E-state index in [1.54, 1.807) is 38.4 Å². The zero-order valence-corrected chi connectivity index (χ0v) is 13.1. The number of rotatable bonds is 4. The second kappa shape index (κ2) is 6.57. The number of carbonyl (C=O) groups excluding carboxylic acids is 1. The predicted octanol–water partition coefficient (Wildman–Crippen LogP) is 3.50. The fraction of sp³-hybridized carbons (Fsp3) is 0.176. The fourth-order valence-electron chi connectivity index (χ4n) is 2.01. The van der Waals surface area contributed by atoms with Crippen molar-refractivity contribution in [1.82, 2.24) is 15.1 Å². The first kappa shape index (κ1) is 15.8. The standard InChI is InChI=1S/C17H14FN3O3/c1-10-5-6-12(8-14(10)18)17(22)23-11(2)16-20-15(21-24-16)13-4-3-7-19-9-13/h3-9,11H,1-2H3/t11-/m1/s1. The molecule has 0 amide bonds. The van der Waals surface area contributed by atoms with Crippen molar-refractivity contribution in [3.63, 3.8) is 0 Å². The van der Waals surface area contributed by atoms with Crippen LogP contribution >= 0.6 is 0 Å². The van der Waals surface area contributed by atoms with Gasteiger partial charge in [0.1, 0.15) is 5.82 Å². The summed E-state index contributed by atoms with van der Waals surface area (Å²) in [5.74, 6) is -0.631. The van der Waals surface area contributed by atoms with Crippen LogP contribution < -0.4 is 0 Å². The molecule has 0 aliphatic rings. The summed E-state index contributed by atoms with van der Waals surface area (Å²) in [7, 11) is 0. The Hall–Kier alpha value is -3.09. The molecule has 3 aromatic rings. The number of benzene rings is 1. The van der Waals surface area contributed by atoms with Gasteiger partial charge in [-0.15, -0.1) is 0 Å². The molecule has 3 rings (SSSR count). The summed E-state index contributed by atoms with van der Waals surface area (Å²) >= 11 is 0. The normalized spacial score (nSPS) is 12.0. The molecule has 122 valence electrons. The number of pyridine rings is 1. The first-order valence-electron chi connectivity index (χ1n) is 7.25. The number of ether oxygens (including phenoxy) is 1. The van der Waals surface area contributed by atoms with E-state index in [4.69, 9.17) is 9.26 Å². The van der Waals surface area contributed by atoms with Crippen LogP contribution in [-0.2, 0) is 4.74 Å². The van der Waals surface area contributed by atoms with E-state index in [-0.39, 0.29) is 11.5 Å². The van der Waals surface area contributed by atoms with E-state index >= 15 is 0 Å². The minimum Gasteiger partial charge on any atom is -0.449 e. The van der Waals surface area contributed by atoms with E-state index in [0.29, 0.717) is 17.0 Å². The Balaban J connectivity index is 1.73. The number of aryl methyl sites for hydroxylation is 1. The maximum Gasteiger partial charge on any atom is 0.339 e. The lowest BCUT2D eigenvalue weighted by atomic mass is 10.1. The van der Waals surface area contributed by atoms with Gasteiger partial charge in [-0.05, 0) is 43.7 Å². The number of halogens is 1. The van der Waals surface area contributed by atoms with Gasteiger partial charge in [-0.3, -0.25) is 4.98 Å². The van der Waals surface area contributed by atoms with Crippen molar-refractivity contribution in [2.24, 2.45) is 0 Å². The monoisotopic (exact) mass is 327 g/mol. The molecule has 0 radical (unpaired) electrons. The summed E-state index contributed by atoms with van der Waals surface area (Å²) in [6, 6.07) is 7.69. The molecule has 2 heterocycles. The van der Waals surface area contributed by atoms with Crippen molar-refractivity contribution in [3.8, 4) is 11.4 Å². The SMILES string of the molecule is Cc1ccc(C(=O)O[C@H](C)c2nc(-c3cccnc3)no2)cc1F. The highest BCUT2D eigenvalue weighted by Gasteiger charge is 2.20. The lowest BCUT2D eigenvalue weighted by Gasteiger charge is -2.09. The summed E-state index contributed by atoms with van der Waals surface area (Å²) in [4.78, 5) is 20.2. The molecular formula is C17H14FN3O3. The largest absolute Gasteiger partial charge is 0.449 e. The van der Waals surface area contributed by atoms with Crippen LogP contribution in [0.1, 0.15) is 34.8 Å². The Morgan fingerprint density at radius 3 is 2.88 bits per heavy atom. The van der Waals surface area contributed by atoms with E-state index < -0.39 is 17.9 Å². The van der Waals surface area contributed by atoms with Crippen molar-refractivity contribution in [2.75, 3.05) is 0 Å². The van der Waals surface area contributed by atoms with Crippen LogP contribution in [0.25, 0.3) is 11.4 Å². The van der Waals surface area contributed by atoms with Gasteiger partial charge in [0.25, 0.3) is 5.89 Å². The van der Waals surface area contributed by atoms with Crippen LogP contribution in [0.15, 0.2) is 47.2 Å². The number of nitrogens with zero attached hydrogens (tertiary/aromatic N) is 3. The topological polar surface area (TPSA) is 78.1 Å². The highest BCUT2D eigenvalue weighted by Crippen LogP contribution is 2.21. The number of carbonyl (C=O) groups is 1. The van der Waals surface area contributed by atoms with Gasteiger partial charge in [0.15, 0.2) is 6.10 Å². The molecule has 1 aromatic carbocycles. The van der Waals surface area contributed by atoms with Gasteiger partial charge in [0.2, 0.25) is 5.82 Å². The van der Waals surface area contributed by atoms with Crippen molar-refractivity contribution in [2.45, 2.75) is 20.0 Å². The third kappa shape index (κ3) is 3.29. The van der Waals surface area contributed by atoms with Crippen LogP contribution in [0.3, 0.4) is 0 Å². The number of hydrogen-bond acceptors (Lipinski definition) is 6. The molecule has 0 saturated heterocycles. The van der Waals surface area contributed by atoms with E-state index in [9.17, 15) is 9.18 Å². The Labute approximate surface area is 137 Å². The summed E-state index contributed by atoms with van der Waals surface area (Å²) < 4.78 is 23.9. The van der Waals surface area contributed by atoms with Crippen molar-refractivity contribution >= 4 is 5.97 Å². The summed E-state index contributed by atoms with van der Waals surface area (Å²) in [6.07, 6.45) is 2.47. The molecule has 0 N–H and O–H groups in total. The van der Waals surface area contributed by atoms with E-state index in [1.807, 2.05) is 0 Å². The van der Waals surface area contributed by atoms with Crippen molar-refractivity contribution < 1.29 is 18.4 Å². The van der Waals surface area contributed by atoms with Gasteiger partial charge < -0.3 is 9.26 Å². The molecule has 0 fully saturated rings. The molecule has 0 bridgehead atoms. The average molecular weight is 327 g/mol. The molecule has 6 nitrogen and oxygen atoms in total. The van der Waals surface area contributed by atoms with E-state index in [2.05, 4.69) is 15.1 Å². The second-order valence-electron chi connectivity index (χ2n) is 5.21. The molecule has 7 heteroatoms. The first-order chi connectivity index (χ1) is 11.5. The first-order valence-corrected chi connectivity index (χ1v) is 7.25. The van der Waals surface area contributed by atoms with Crippen LogP contribution in [0, 0.1) is 12.7 Å². The fourth-order valence-corrected chi connectivity index (χ4v) is 2.01. The molecular weight excluding hydrogens is 313 g/mol. The van der Waals surface area contributed by atoms with Gasteiger partial charge in [0, 0.05) is 18.0 Å². The molecule has 0 aliphatic carbocycles. The maximum absolute atomic E-state index is 13.5. The van der Waals surface area contributed by atoms with Gasteiger partial charge in [0.05, 0.1) is 5.56 Å². The Kier molecular flexibility index (Phi) is 4.33. The van der Waals surface area contributed by atoms with Crippen LogP contribution in [0.5, 0.6) is 0 Å². The second-order valence-corrected chi connectivity index (χ2v) is 5.21. The number of esters is 1. The Morgan fingerprint density at radius 2 is 2.17 bits per heavy atom. The summed E-state index contributed by atoms with van der Waals surface area (Å²) in [5, 5.41) is 3.84. The minimum absolute atomic E-state index is 0.122. The summed E-state index contributed by atoms with van der Waals surface area (Å²) in [5.41, 5.74) is 1.26. The zero-order chi connectivity index (χ0) is 17.1. The minimum atomic E-state index is -0.764. The predicted molar refractivity (Wildman–Crippen MR) is 82.5 cm³/mol. The molecule has 0 unspecified atom stereocenters. The Bertz CT molecular complexity index is 865. The van der Waals surface area contributed by atoms with Crippen LogP contribution in [-0.4, -0.2) is 21.1 Å². The van der Waals surface area contributed by atoms with E-state index in [0.717, 1.165) is 6.07 Å². The quantitative estimate of drug-likeness (QED) is 0.683. The highest BCUT2D eigenvalue weighted by molar-refractivity contribution is 5.89. The number of aromatic nitrogens is 3. The van der Waals surface area contributed by atoms with Crippen LogP contribution in [0.4, 0.5) is 4.39 Å². The van der Waals surface area contributed by atoms with E-state index in [1.165, 1.54) is 12.1 Å². The third-order valence-corrected chi connectivity index (χ3v) is 3.40. The van der Waals surface area contributed by atoms with Crippen molar-refractivity contribution in [1.29, 1.82) is 0 Å². The molecule has 0 aliphatic heterocycles. The molecule has 0 spiro atoms. The number of hydrogen-bond donors (Lipinski definition) is 0. The molecule has 0 saturated carbocycles. The highest BCUT2D eigenvalue weighted by atomic mass is 19.1. The maximum atomic E-state index is 13.5. The van der Waals surface area contributed by atoms with Gasteiger partial charge in [-0.25, -0.2) is 9.18 Å². The summed E-state index contributed by atoms with van der Waals surface area (Å²) in [6.45, 7) is 3.22. The lowest BCUT2D eigenvalue weighted by Crippen LogP contribution is -2.10. The van der Waals surface area contributed by atoms with Gasteiger partial charge >= 0.3 is 5.97 Å². The average Bonchev–Trinajstić information content (AvgIpc) is 3.08. The smallest absolute Gasteiger partial charge is 0.339 e.